The summed E-state index contributed by atoms with van der Waals surface area (Å²) in [6.45, 7) is 6.75. The van der Waals surface area contributed by atoms with Gasteiger partial charge in [-0.3, -0.25) is 0 Å². The van der Waals surface area contributed by atoms with Crippen molar-refractivity contribution >= 4 is 19.7 Å². The molecular weight excluding hydrogens is 262 g/mol. The zero-order valence-electron chi connectivity index (χ0n) is 12.3. The minimum Gasteiger partial charge on any atom is -0.410 e. The SMILES string of the molecule is C[Si](C)(C)OC1Cc2ccccc2Nc2ccccc21. The molecule has 104 valence electrons. The van der Waals surface area contributed by atoms with Gasteiger partial charge in [-0.25, -0.2) is 0 Å². The minimum atomic E-state index is -1.58. The summed E-state index contributed by atoms with van der Waals surface area (Å²) in [5.41, 5.74) is 4.96. The summed E-state index contributed by atoms with van der Waals surface area (Å²) in [6, 6.07) is 17.0. The van der Waals surface area contributed by atoms with Crippen LogP contribution in [-0.2, 0) is 10.8 Å². The van der Waals surface area contributed by atoms with Crippen LogP contribution >= 0.6 is 0 Å². The maximum absolute atomic E-state index is 6.44. The Kier molecular flexibility index (Phi) is 3.40. The van der Waals surface area contributed by atoms with E-state index in [1.807, 2.05) is 0 Å². The second-order valence-electron chi connectivity index (χ2n) is 6.29. The van der Waals surface area contributed by atoms with Gasteiger partial charge in [0.2, 0.25) is 0 Å². The molecule has 0 fully saturated rings. The maximum Gasteiger partial charge on any atom is 0.184 e. The number of para-hydroxylation sites is 2. The van der Waals surface area contributed by atoms with Gasteiger partial charge < -0.3 is 9.74 Å². The molecule has 0 bridgehead atoms. The van der Waals surface area contributed by atoms with Gasteiger partial charge >= 0.3 is 0 Å². The van der Waals surface area contributed by atoms with E-state index in [4.69, 9.17) is 4.43 Å². The molecule has 3 heteroatoms. The highest BCUT2D eigenvalue weighted by Crippen LogP contribution is 2.38. The Hall–Kier alpha value is -1.58. The van der Waals surface area contributed by atoms with Crippen LogP contribution in [0.4, 0.5) is 11.4 Å². The lowest BCUT2D eigenvalue weighted by atomic mass is 10.0. The Morgan fingerprint density at radius 3 is 2.35 bits per heavy atom. The first-order valence-electron chi connectivity index (χ1n) is 7.15. The van der Waals surface area contributed by atoms with Crippen molar-refractivity contribution < 1.29 is 4.43 Å². The number of hydrogen-bond donors (Lipinski definition) is 1. The fraction of sp³-hybridized carbons (Fsp3) is 0.294. The second kappa shape index (κ2) is 5.07. The fourth-order valence-corrected chi connectivity index (χ4v) is 3.76. The highest BCUT2D eigenvalue weighted by Gasteiger charge is 2.27. The standard InChI is InChI=1S/C17H21NOSi/c1-20(2,3)19-17-12-13-8-4-6-10-15(13)18-16-11-7-5-9-14(16)17/h4-11,17-18H,12H2,1-3H3. The average Bonchev–Trinajstić information content (AvgIpc) is 2.53. The van der Waals surface area contributed by atoms with Crippen molar-refractivity contribution in [3.8, 4) is 0 Å². The van der Waals surface area contributed by atoms with Crippen LogP contribution in [0.15, 0.2) is 48.5 Å². The normalized spacial score (nSPS) is 17.6. The van der Waals surface area contributed by atoms with E-state index in [9.17, 15) is 0 Å². The van der Waals surface area contributed by atoms with Crippen LogP contribution in [0, 0.1) is 0 Å². The van der Waals surface area contributed by atoms with Crippen LogP contribution in [0.2, 0.25) is 19.6 Å². The summed E-state index contributed by atoms with van der Waals surface area (Å²) in [4.78, 5) is 0. The Morgan fingerprint density at radius 1 is 0.950 bits per heavy atom. The molecule has 0 saturated heterocycles. The van der Waals surface area contributed by atoms with Gasteiger partial charge in [0.25, 0.3) is 0 Å². The van der Waals surface area contributed by atoms with Crippen molar-refractivity contribution in [2.45, 2.75) is 32.2 Å². The first-order chi connectivity index (χ1) is 9.53. The Bertz CT molecular complexity index is 618. The van der Waals surface area contributed by atoms with Crippen LogP contribution in [-0.4, -0.2) is 8.32 Å². The number of fused-ring (bicyclic) bond motifs is 2. The highest BCUT2D eigenvalue weighted by molar-refractivity contribution is 6.69. The average molecular weight is 283 g/mol. The van der Waals surface area contributed by atoms with Crippen molar-refractivity contribution in [3.05, 3.63) is 59.7 Å². The molecule has 0 aliphatic carbocycles. The van der Waals surface area contributed by atoms with Crippen LogP contribution in [0.1, 0.15) is 17.2 Å². The van der Waals surface area contributed by atoms with Crippen molar-refractivity contribution in [2.24, 2.45) is 0 Å². The monoisotopic (exact) mass is 283 g/mol. The number of benzene rings is 2. The summed E-state index contributed by atoms with van der Waals surface area (Å²) in [6.07, 6.45) is 1.08. The Labute approximate surface area is 121 Å². The zero-order chi connectivity index (χ0) is 14.2. The lowest BCUT2D eigenvalue weighted by molar-refractivity contribution is 0.200. The summed E-state index contributed by atoms with van der Waals surface area (Å²) < 4.78 is 6.44. The minimum absolute atomic E-state index is 0.147. The second-order valence-corrected chi connectivity index (χ2v) is 10.8. The van der Waals surface area contributed by atoms with Gasteiger partial charge in [0, 0.05) is 23.4 Å². The molecule has 0 amide bonds. The summed E-state index contributed by atoms with van der Waals surface area (Å²) in [5.74, 6) is 0. The predicted octanol–water partition coefficient (Wildman–Crippen LogP) is 4.88. The van der Waals surface area contributed by atoms with Crippen LogP contribution in [0.5, 0.6) is 0 Å². The quantitative estimate of drug-likeness (QED) is 0.793. The number of anilines is 2. The molecule has 0 saturated carbocycles. The maximum atomic E-state index is 6.44. The van der Waals surface area contributed by atoms with Gasteiger partial charge in [-0.1, -0.05) is 36.4 Å². The van der Waals surface area contributed by atoms with Gasteiger partial charge in [0.05, 0.1) is 6.10 Å². The molecule has 2 aromatic rings. The summed E-state index contributed by atoms with van der Waals surface area (Å²) >= 11 is 0. The summed E-state index contributed by atoms with van der Waals surface area (Å²) in [7, 11) is -1.58. The van der Waals surface area contributed by atoms with E-state index in [2.05, 4.69) is 73.5 Å². The molecular formula is C17H21NOSi. The number of rotatable bonds is 2. The molecule has 1 unspecified atom stereocenters. The lowest BCUT2D eigenvalue weighted by Crippen LogP contribution is -2.28. The van der Waals surface area contributed by atoms with Gasteiger partial charge in [0.15, 0.2) is 8.32 Å². The predicted molar refractivity (Wildman–Crippen MR) is 87.0 cm³/mol. The van der Waals surface area contributed by atoms with E-state index in [1.165, 1.54) is 22.5 Å². The molecule has 0 radical (unpaired) electrons. The number of nitrogens with one attached hydrogen (secondary N) is 1. The summed E-state index contributed by atoms with van der Waals surface area (Å²) in [5, 5.41) is 3.55. The van der Waals surface area contributed by atoms with Crippen molar-refractivity contribution in [2.75, 3.05) is 5.32 Å². The molecule has 2 aromatic carbocycles. The van der Waals surface area contributed by atoms with Gasteiger partial charge in [-0.15, -0.1) is 0 Å². The molecule has 1 aliphatic heterocycles. The molecule has 2 nitrogen and oxygen atoms in total. The third kappa shape index (κ3) is 2.79. The van der Waals surface area contributed by atoms with E-state index in [0.29, 0.717) is 0 Å². The molecule has 1 aliphatic rings. The fourth-order valence-electron chi connectivity index (χ4n) is 2.70. The van der Waals surface area contributed by atoms with E-state index in [0.717, 1.165) is 6.42 Å². The highest BCUT2D eigenvalue weighted by atomic mass is 28.4. The third-order valence-electron chi connectivity index (χ3n) is 3.50. The van der Waals surface area contributed by atoms with E-state index < -0.39 is 8.32 Å². The van der Waals surface area contributed by atoms with E-state index in [1.54, 1.807) is 0 Å². The molecule has 1 heterocycles. The molecule has 0 aromatic heterocycles. The van der Waals surface area contributed by atoms with Gasteiger partial charge in [0.1, 0.15) is 0 Å². The zero-order valence-corrected chi connectivity index (χ0v) is 13.3. The van der Waals surface area contributed by atoms with E-state index >= 15 is 0 Å². The van der Waals surface area contributed by atoms with Gasteiger partial charge in [-0.05, 0) is 37.3 Å². The third-order valence-corrected chi connectivity index (χ3v) is 4.49. The molecule has 0 spiro atoms. The van der Waals surface area contributed by atoms with Crippen molar-refractivity contribution in [3.63, 3.8) is 0 Å². The first-order valence-corrected chi connectivity index (χ1v) is 10.6. The van der Waals surface area contributed by atoms with E-state index in [-0.39, 0.29) is 6.10 Å². The molecule has 1 atom stereocenters. The largest absolute Gasteiger partial charge is 0.410 e. The van der Waals surface area contributed by atoms with Crippen LogP contribution in [0.25, 0.3) is 0 Å². The van der Waals surface area contributed by atoms with Crippen molar-refractivity contribution in [1.29, 1.82) is 0 Å². The Balaban J connectivity index is 2.06. The van der Waals surface area contributed by atoms with Crippen LogP contribution in [0.3, 0.4) is 0 Å². The number of hydrogen-bond acceptors (Lipinski definition) is 2. The lowest BCUT2D eigenvalue weighted by Gasteiger charge is -2.26. The molecule has 3 rings (SSSR count). The van der Waals surface area contributed by atoms with Gasteiger partial charge in [-0.2, -0.15) is 0 Å². The van der Waals surface area contributed by atoms with Crippen molar-refractivity contribution in [1.82, 2.24) is 0 Å². The molecule has 1 N–H and O–H groups in total. The van der Waals surface area contributed by atoms with Crippen LogP contribution < -0.4 is 5.32 Å². The first kappa shape index (κ1) is 13.4. The Morgan fingerprint density at radius 2 is 1.60 bits per heavy atom. The molecule has 20 heavy (non-hydrogen) atoms. The topological polar surface area (TPSA) is 21.3 Å². The smallest absolute Gasteiger partial charge is 0.184 e.